The number of amides is 1. The van der Waals surface area contributed by atoms with Gasteiger partial charge < -0.3 is 14.8 Å². The van der Waals surface area contributed by atoms with Crippen LogP contribution in [-0.4, -0.2) is 50.7 Å². The molecule has 1 saturated heterocycles. The molecule has 1 aliphatic heterocycles. The first-order valence-electron chi connectivity index (χ1n) is 7.34. The van der Waals surface area contributed by atoms with E-state index in [1.165, 1.54) is 0 Å². The maximum atomic E-state index is 11.4. The number of likely N-dealkylation sites (tertiary alicyclic amines) is 1. The molecule has 1 aromatic rings. The average molecular weight is 303 g/mol. The Bertz CT molecular complexity index is 560. The zero-order valence-electron chi connectivity index (χ0n) is 13.0. The van der Waals surface area contributed by atoms with Crippen LogP contribution >= 0.6 is 0 Å². The Hall–Kier alpha value is -2.26. The summed E-state index contributed by atoms with van der Waals surface area (Å²) in [4.78, 5) is 13.5. The second-order valence-corrected chi connectivity index (χ2v) is 5.24. The fraction of sp³-hybridized carbons (Fsp3) is 0.500. The summed E-state index contributed by atoms with van der Waals surface area (Å²) < 4.78 is 11.3. The smallest absolute Gasteiger partial charge is 0.233 e. The van der Waals surface area contributed by atoms with Crippen LogP contribution < -0.4 is 14.8 Å². The lowest BCUT2D eigenvalue weighted by atomic mass is 10.1. The van der Waals surface area contributed by atoms with E-state index in [2.05, 4.69) is 16.3 Å². The van der Waals surface area contributed by atoms with E-state index in [0.717, 1.165) is 25.9 Å². The molecule has 1 amide bonds. The quantitative estimate of drug-likeness (QED) is 0.883. The van der Waals surface area contributed by atoms with Crippen LogP contribution in [0.5, 0.6) is 11.5 Å². The molecule has 0 saturated carbocycles. The number of methoxy groups -OCH3 is 1. The molecule has 1 heterocycles. The van der Waals surface area contributed by atoms with Crippen LogP contribution in [0.3, 0.4) is 0 Å². The third kappa shape index (κ3) is 4.12. The average Bonchev–Trinajstić information content (AvgIpc) is 2.56. The Morgan fingerprint density at radius 2 is 2.14 bits per heavy atom. The van der Waals surface area contributed by atoms with Crippen molar-refractivity contribution < 1.29 is 14.3 Å². The number of carbonyl (C=O) groups is 1. The van der Waals surface area contributed by atoms with Crippen molar-refractivity contribution in [1.29, 1.82) is 5.26 Å². The van der Waals surface area contributed by atoms with Crippen molar-refractivity contribution in [3.05, 3.63) is 23.8 Å². The lowest BCUT2D eigenvalue weighted by Crippen LogP contribution is -2.43. The van der Waals surface area contributed by atoms with Crippen LogP contribution in [0.2, 0.25) is 0 Å². The second-order valence-electron chi connectivity index (χ2n) is 5.24. The summed E-state index contributed by atoms with van der Waals surface area (Å²) in [6.07, 6.45) is 1.76. The zero-order valence-corrected chi connectivity index (χ0v) is 13.0. The van der Waals surface area contributed by atoms with Crippen LogP contribution in [0.1, 0.15) is 18.4 Å². The summed E-state index contributed by atoms with van der Waals surface area (Å²) >= 11 is 0. The molecule has 0 atom stereocenters. The minimum Gasteiger partial charge on any atom is -0.493 e. The number of rotatable bonds is 5. The molecule has 0 radical (unpaired) electrons. The molecule has 1 aliphatic rings. The summed E-state index contributed by atoms with van der Waals surface area (Å²) in [6.45, 7) is 2.06. The minimum atomic E-state index is 0.0303. The van der Waals surface area contributed by atoms with Crippen molar-refractivity contribution in [3.8, 4) is 17.6 Å². The van der Waals surface area contributed by atoms with E-state index in [1.54, 1.807) is 32.4 Å². The van der Waals surface area contributed by atoms with Gasteiger partial charge >= 0.3 is 0 Å². The third-order valence-electron chi connectivity index (χ3n) is 3.77. The maximum absolute atomic E-state index is 11.4. The molecule has 6 nitrogen and oxygen atoms in total. The van der Waals surface area contributed by atoms with Gasteiger partial charge in [-0.2, -0.15) is 5.26 Å². The molecule has 1 aromatic carbocycles. The van der Waals surface area contributed by atoms with Crippen LogP contribution in [0.25, 0.3) is 0 Å². The number of benzene rings is 1. The number of nitrogens with one attached hydrogen (secondary N) is 1. The highest BCUT2D eigenvalue weighted by Gasteiger charge is 2.22. The van der Waals surface area contributed by atoms with Crippen molar-refractivity contribution in [2.45, 2.75) is 18.9 Å². The predicted molar refractivity (Wildman–Crippen MR) is 81.9 cm³/mol. The van der Waals surface area contributed by atoms with Gasteiger partial charge in [0.15, 0.2) is 11.5 Å². The van der Waals surface area contributed by atoms with E-state index < -0.39 is 0 Å². The predicted octanol–water partition coefficient (Wildman–Crippen LogP) is 1.16. The first-order valence-corrected chi connectivity index (χ1v) is 7.34. The lowest BCUT2D eigenvalue weighted by Gasteiger charge is -2.31. The first kappa shape index (κ1) is 16.1. The highest BCUT2D eigenvalue weighted by molar-refractivity contribution is 5.77. The number of hydrogen-bond donors (Lipinski definition) is 1. The molecule has 1 fully saturated rings. The van der Waals surface area contributed by atoms with Crippen molar-refractivity contribution in [2.75, 3.05) is 33.8 Å². The first-order chi connectivity index (χ1) is 10.7. The van der Waals surface area contributed by atoms with Crippen LogP contribution in [0.15, 0.2) is 18.2 Å². The maximum Gasteiger partial charge on any atom is 0.233 e. The molecular formula is C16H21N3O3. The van der Waals surface area contributed by atoms with E-state index >= 15 is 0 Å². The van der Waals surface area contributed by atoms with Crippen LogP contribution in [0.4, 0.5) is 0 Å². The Labute approximate surface area is 130 Å². The lowest BCUT2D eigenvalue weighted by molar-refractivity contribution is -0.122. The van der Waals surface area contributed by atoms with Crippen LogP contribution in [-0.2, 0) is 4.79 Å². The Morgan fingerprint density at radius 1 is 1.41 bits per heavy atom. The molecule has 0 unspecified atom stereocenters. The molecule has 0 aliphatic carbocycles. The second kappa shape index (κ2) is 7.66. The molecule has 118 valence electrons. The minimum absolute atomic E-state index is 0.0303. The molecule has 6 heteroatoms. The standard InChI is InChI=1S/C16H21N3O3/c1-18-16(20)11-19-7-5-13(6-8-19)22-15-9-12(10-17)3-4-14(15)21-2/h3-4,9,13H,5-8,11H2,1-2H3,(H,18,20). The van der Waals surface area contributed by atoms with Gasteiger partial charge in [-0.25, -0.2) is 0 Å². The van der Waals surface area contributed by atoms with E-state index in [9.17, 15) is 4.79 Å². The van der Waals surface area contributed by atoms with E-state index in [4.69, 9.17) is 14.7 Å². The highest BCUT2D eigenvalue weighted by atomic mass is 16.5. The van der Waals surface area contributed by atoms with Gasteiger partial charge in [-0.1, -0.05) is 0 Å². The molecule has 0 spiro atoms. The largest absolute Gasteiger partial charge is 0.493 e. The van der Waals surface area contributed by atoms with Gasteiger partial charge in [-0.3, -0.25) is 9.69 Å². The van der Waals surface area contributed by atoms with E-state index in [-0.39, 0.29) is 12.0 Å². The SMILES string of the molecule is CNC(=O)CN1CCC(Oc2cc(C#N)ccc2OC)CC1. The summed E-state index contributed by atoms with van der Waals surface area (Å²) in [7, 11) is 3.23. The Morgan fingerprint density at radius 3 is 2.73 bits per heavy atom. The molecule has 0 aromatic heterocycles. The number of likely N-dealkylation sites (N-methyl/N-ethyl adjacent to an activating group) is 1. The molecule has 1 N–H and O–H groups in total. The number of ether oxygens (including phenoxy) is 2. The zero-order chi connectivity index (χ0) is 15.9. The Kier molecular flexibility index (Phi) is 5.61. The number of hydrogen-bond acceptors (Lipinski definition) is 5. The van der Waals surface area contributed by atoms with Gasteiger partial charge in [-0.15, -0.1) is 0 Å². The van der Waals surface area contributed by atoms with Crippen molar-refractivity contribution in [1.82, 2.24) is 10.2 Å². The fourth-order valence-corrected chi connectivity index (χ4v) is 2.49. The van der Waals surface area contributed by atoms with Gasteiger partial charge in [-0.05, 0) is 25.0 Å². The number of nitriles is 1. The molecular weight excluding hydrogens is 282 g/mol. The fourth-order valence-electron chi connectivity index (χ4n) is 2.49. The summed E-state index contributed by atoms with van der Waals surface area (Å²) in [5.74, 6) is 1.26. The number of nitrogens with zero attached hydrogens (tertiary/aromatic N) is 2. The highest BCUT2D eigenvalue weighted by Crippen LogP contribution is 2.30. The Balaban J connectivity index is 1.93. The van der Waals surface area contributed by atoms with E-state index in [1.807, 2.05) is 0 Å². The van der Waals surface area contributed by atoms with Gasteiger partial charge in [0, 0.05) is 26.2 Å². The van der Waals surface area contributed by atoms with Crippen LogP contribution in [0, 0.1) is 11.3 Å². The molecule has 0 bridgehead atoms. The van der Waals surface area contributed by atoms with Gasteiger partial charge in [0.1, 0.15) is 6.10 Å². The molecule has 22 heavy (non-hydrogen) atoms. The van der Waals surface area contributed by atoms with Gasteiger partial charge in [0.25, 0.3) is 0 Å². The normalized spacial score (nSPS) is 15.9. The topological polar surface area (TPSA) is 74.6 Å². The number of piperidine rings is 1. The van der Waals surface area contributed by atoms with Gasteiger partial charge in [0.05, 0.1) is 25.3 Å². The van der Waals surface area contributed by atoms with E-state index in [0.29, 0.717) is 23.6 Å². The van der Waals surface area contributed by atoms with Crippen molar-refractivity contribution in [3.63, 3.8) is 0 Å². The van der Waals surface area contributed by atoms with Crippen molar-refractivity contribution >= 4 is 5.91 Å². The third-order valence-corrected chi connectivity index (χ3v) is 3.77. The summed E-state index contributed by atoms with van der Waals surface area (Å²) in [6, 6.07) is 7.26. The summed E-state index contributed by atoms with van der Waals surface area (Å²) in [5, 5.41) is 11.6. The monoisotopic (exact) mass is 303 g/mol. The molecule has 2 rings (SSSR count). The van der Waals surface area contributed by atoms with Crippen molar-refractivity contribution in [2.24, 2.45) is 0 Å². The number of carbonyl (C=O) groups excluding carboxylic acids is 1. The van der Waals surface area contributed by atoms with Gasteiger partial charge in [0.2, 0.25) is 5.91 Å². The summed E-state index contributed by atoms with van der Waals surface area (Å²) in [5.41, 5.74) is 0.549.